The Morgan fingerprint density at radius 1 is 1.26 bits per heavy atom. The molecule has 0 spiro atoms. The lowest BCUT2D eigenvalue weighted by atomic mass is 10.1. The molecule has 1 amide bonds. The topological polar surface area (TPSA) is 55.6 Å². The zero-order valence-corrected chi connectivity index (χ0v) is 14.5. The highest BCUT2D eigenvalue weighted by Gasteiger charge is 2.34. The van der Waals surface area contributed by atoms with Crippen molar-refractivity contribution in [2.24, 2.45) is 0 Å². The van der Waals surface area contributed by atoms with Gasteiger partial charge in [-0.3, -0.25) is 0 Å². The molecule has 1 fully saturated rings. The van der Waals surface area contributed by atoms with Crippen molar-refractivity contribution in [2.75, 3.05) is 0 Å². The molecule has 1 N–H and O–H groups in total. The number of hydrogen-bond donors (Lipinski definition) is 1. The summed E-state index contributed by atoms with van der Waals surface area (Å²) >= 11 is 0. The van der Waals surface area contributed by atoms with Crippen LogP contribution in [0.2, 0.25) is 0 Å². The zero-order valence-electron chi connectivity index (χ0n) is 14.5. The predicted octanol–water partition coefficient (Wildman–Crippen LogP) is 3.97. The molecule has 0 radical (unpaired) electrons. The number of amides is 1. The minimum absolute atomic E-state index is 0.428. The third kappa shape index (κ3) is 3.33. The van der Waals surface area contributed by atoms with Crippen LogP contribution in [0.4, 0.5) is 4.79 Å². The van der Waals surface area contributed by atoms with E-state index in [2.05, 4.69) is 15.8 Å². The van der Waals surface area contributed by atoms with Crippen LogP contribution in [0.15, 0.2) is 24.4 Å². The molecule has 0 bridgehead atoms. The molecule has 5 nitrogen and oxygen atoms in total. The van der Waals surface area contributed by atoms with Crippen LogP contribution < -0.4 is 5.32 Å². The third-order valence-corrected chi connectivity index (χ3v) is 3.91. The summed E-state index contributed by atoms with van der Waals surface area (Å²) in [7, 11) is 0. The van der Waals surface area contributed by atoms with E-state index in [4.69, 9.17) is 9.72 Å². The van der Waals surface area contributed by atoms with Gasteiger partial charge in [0.2, 0.25) is 0 Å². The van der Waals surface area contributed by atoms with Gasteiger partial charge in [-0.25, -0.2) is 9.78 Å². The molecule has 2 aromatic heterocycles. The first kappa shape index (κ1) is 15.8. The number of imidazole rings is 1. The maximum absolute atomic E-state index is 12.2. The quantitative estimate of drug-likeness (QED) is 0.932. The zero-order chi connectivity index (χ0) is 16.8. The van der Waals surface area contributed by atoms with Gasteiger partial charge in [-0.1, -0.05) is 6.07 Å². The first-order chi connectivity index (χ1) is 10.7. The van der Waals surface area contributed by atoms with Crippen LogP contribution in [-0.2, 0) is 10.3 Å². The smallest absolute Gasteiger partial charge is 0.408 e. The summed E-state index contributed by atoms with van der Waals surface area (Å²) in [5.74, 6) is 1.39. The number of alkyl carbamates (subject to hydrolysis) is 1. The molecular weight excluding hydrogens is 290 g/mol. The highest BCUT2D eigenvalue weighted by molar-refractivity contribution is 5.69. The number of pyridine rings is 1. The minimum Gasteiger partial charge on any atom is -0.444 e. The Morgan fingerprint density at radius 2 is 1.96 bits per heavy atom. The summed E-state index contributed by atoms with van der Waals surface area (Å²) in [5.41, 5.74) is 1.12. The second kappa shape index (κ2) is 5.25. The van der Waals surface area contributed by atoms with Crippen molar-refractivity contribution in [3.05, 3.63) is 35.9 Å². The van der Waals surface area contributed by atoms with Gasteiger partial charge < -0.3 is 14.5 Å². The van der Waals surface area contributed by atoms with Crippen LogP contribution in [0.1, 0.15) is 64.9 Å². The first-order valence-electron chi connectivity index (χ1n) is 8.16. The van der Waals surface area contributed by atoms with E-state index >= 15 is 0 Å². The van der Waals surface area contributed by atoms with Crippen molar-refractivity contribution in [2.45, 2.75) is 64.5 Å². The van der Waals surface area contributed by atoms with Crippen molar-refractivity contribution in [3.8, 4) is 0 Å². The summed E-state index contributed by atoms with van der Waals surface area (Å²) < 4.78 is 7.46. The summed E-state index contributed by atoms with van der Waals surface area (Å²) in [4.78, 5) is 17.0. The van der Waals surface area contributed by atoms with Gasteiger partial charge in [-0.15, -0.1) is 0 Å². The number of aromatic nitrogens is 2. The standard InChI is InChI=1S/C18H25N3O2/c1-17(2,3)23-16(22)20-18(4,5)15-19-14(12-9-10-12)13-8-6-7-11-21(13)15/h6-8,11-12H,9-10H2,1-5H3,(H,20,22). The highest BCUT2D eigenvalue weighted by Crippen LogP contribution is 2.42. The van der Waals surface area contributed by atoms with E-state index in [1.54, 1.807) is 0 Å². The molecule has 0 atom stereocenters. The second-order valence-electron chi connectivity index (χ2n) is 7.80. The Labute approximate surface area is 137 Å². The molecule has 1 aliphatic carbocycles. The fourth-order valence-electron chi connectivity index (χ4n) is 2.77. The van der Waals surface area contributed by atoms with Crippen LogP contribution in [0, 0.1) is 0 Å². The molecule has 23 heavy (non-hydrogen) atoms. The largest absolute Gasteiger partial charge is 0.444 e. The van der Waals surface area contributed by atoms with Gasteiger partial charge in [0.1, 0.15) is 11.4 Å². The van der Waals surface area contributed by atoms with Gasteiger partial charge in [0, 0.05) is 12.1 Å². The highest BCUT2D eigenvalue weighted by atomic mass is 16.6. The molecule has 5 heteroatoms. The molecule has 3 rings (SSSR count). The van der Waals surface area contributed by atoms with Crippen molar-refractivity contribution in [3.63, 3.8) is 0 Å². The van der Waals surface area contributed by atoms with Crippen LogP contribution in [0.25, 0.3) is 5.52 Å². The number of nitrogens with zero attached hydrogens (tertiary/aromatic N) is 2. The van der Waals surface area contributed by atoms with Crippen LogP contribution in [0.3, 0.4) is 0 Å². The van der Waals surface area contributed by atoms with E-state index in [1.165, 1.54) is 12.8 Å². The third-order valence-electron chi connectivity index (χ3n) is 3.91. The van der Waals surface area contributed by atoms with Crippen molar-refractivity contribution < 1.29 is 9.53 Å². The maximum atomic E-state index is 12.2. The van der Waals surface area contributed by atoms with Crippen molar-refractivity contribution in [1.29, 1.82) is 0 Å². The Kier molecular flexibility index (Phi) is 3.62. The van der Waals surface area contributed by atoms with Gasteiger partial charge in [-0.2, -0.15) is 0 Å². The van der Waals surface area contributed by atoms with Gasteiger partial charge in [-0.05, 0) is 59.6 Å². The summed E-state index contributed by atoms with van der Waals surface area (Å²) in [6, 6.07) is 6.10. The van der Waals surface area contributed by atoms with Gasteiger partial charge in [0.05, 0.1) is 16.7 Å². The first-order valence-corrected chi connectivity index (χ1v) is 8.16. The molecule has 124 valence electrons. The number of fused-ring (bicyclic) bond motifs is 1. The Bertz CT molecular complexity index is 736. The molecule has 1 aliphatic rings. The number of nitrogens with one attached hydrogen (secondary N) is 1. The fraction of sp³-hybridized carbons (Fsp3) is 0.556. The molecule has 0 saturated heterocycles. The molecule has 1 saturated carbocycles. The average molecular weight is 315 g/mol. The maximum Gasteiger partial charge on any atom is 0.408 e. The van der Waals surface area contributed by atoms with Crippen LogP contribution in [0.5, 0.6) is 0 Å². The summed E-state index contributed by atoms with van der Waals surface area (Å²) in [6.45, 7) is 9.48. The number of hydrogen-bond acceptors (Lipinski definition) is 3. The summed E-state index contributed by atoms with van der Waals surface area (Å²) in [5, 5.41) is 2.95. The Balaban J connectivity index is 1.93. The lowest BCUT2D eigenvalue weighted by Gasteiger charge is -2.27. The predicted molar refractivity (Wildman–Crippen MR) is 89.6 cm³/mol. The molecule has 0 aliphatic heterocycles. The molecule has 2 heterocycles. The van der Waals surface area contributed by atoms with Crippen LogP contribution in [-0.4, -0.2) is 21.1 Å². The number of rotatable bonds is 3. The van der Waals surface area contributed by atoms with E-state index in [-0.39, 0.29) is 0 Å². The molecule has 0 aromatic carbocycles. The normalized spacial score (nSPS) is 15.7. The Hall–Kier alpha value is -2.04. The van der Waals surface area contributed by atoms with E-state index < -0.39 is 17.2 Å². The molecular formula is C18H25N3O2. The average Bonchev–Trinajstić information content (AvgIpc) is 3.16. The van der Waals surface area contributed by atoms with Gasteiger partial charge >= 0.3 is 6.09 Å². The molecule has 0 unspecified atom stereocenters. The van der Waals surface area contributed by atoms with Gasteiger partial charge in [0.15, 0.2) is 0 Å². The Morgan fingerprint density at radius 3 is 2.57 bits per heavy atom. The number of ether oxygens (including phenoxy) is 1. The second-order valence-corrected chi connectivity index (χ2v) is 7.80. The lowest BCUT2D eigenvalue weighted by Crippen LogP contribution is -2.44. The summed E-state index contributed by atoms with van der Waals surface area (Å²) in [6.07, 6.45) is 3.97. The number of carbonyl (C=O) groups is 1. The SMILES string of the molecule is CC(C)(C)OC(=O)NC(C)(C)c1nc(C2CC2)c2ccccn12. The van der Waals surface area contributed by atoms with Crippen molar-refractivity contribution >= 4 is 11.6 Å². The number of carbonyl (C=O) groups excluding carboxylic acids is 1. The van der Waals surface area contributed by atoms with Crippen LogP contribution >= 0.6 is 0 Å². The van der Waals surface area contributed by atoms with E-state index in [9.17, 15) is 4.79 Å². The minimum atomic E-state index is -0.625. The van der Waals surface area contributed by atoms with Gasteiger partial charge in [0.25, 0.3) is 0 Å². The monoisotopic (exact) mass is 315 g/mol. The van der Waals surface area contributed by atoms with E-state index in [1.807, 2.05) is 52.9 Å². The fourth-order valence-corrected chi connectivity index (χ4v) is 2.77. The molecule has 2 aromatic rings. The van der Waals surface area contributed by atoms with E-state index in [0.29, 0.717) is 5.92 Å². The van der Waals surface area contributed by atoms with E-state index in [0.717, 1.165) is 17.0 Å². The lowest BCUT2D eigenvalue weighted by molar-refractivity contribution is 0.0465. The van der Waals surface area contributed by atoms with Crippen molar-refractivity contribution in [1.82, 2.24) is 14.7 Å².